The molecular formula is C28H24BrN3O3. The van der Waals surface area contributed by atoms with Gasteiger partial charge in [-0.2, -0.15) is 5.10 Å². The first-order valence-corrected chi connectivity index (χ1v) is 12.2. The summed E-state index contributed by atoms with van der Waals surface area (Å²) in [4.78, 5) is 29.5. The van der Waals surface area contributed by atoms with E-state index in [0.717, 1.165) is 32.1 Å². The number of hydrazone groups is 1. The lowest BCUT2D eigenvalue weighted by Gasteiger charge is -2.23. The predicted molar refractivity (Wildman–Crippen MR) is 142 cm³/mol. The Kier molecular flexibility index (Phi) is 6.26. The maximum Gasteiger partial charge on any atom is 0.258 e. The molecule has 1 aliphatic heterocycles. The first-order valence-electron chi connectivity index (χ1n) is 11.5. The van der Waals surface area contributed by atoms with Crippen LogP contribution in [0.25, 0.3) is 22.0 Å². The van der Waals surface area contributed by atoms with E-state index in [1.807, 2.05) is 79.7 Å². The van der Waals surface area contributed by atoms with E-state index < -0.39 is 0 Å². The number of carbonyl (C=O) groups excluding carboxylic acids is 1. The van der Waals surface area contributed by atoms with Crippen molar-refractivity contribution in [3.8, 4) is 16.9 Å². The van der Waals surface area contributed by atoms with Crippen LogP contribution in [-0.4, -0.2) is 28.7 Å². The van der Waals surface area contributed by atoms with E-state index in [4.69, 9.17) is 9.84 Å². The van der Waals surface area contributed by atoms with Crippen LogP contribution in [0.1, 0.15) is 36.9 Å². The molecule has 1 atom stereocenters. The number of nitrogens with one attached hydrogen (secondary N) is 1. The number of halogens is 1. The van der Waals surface area contributed by atoms with Crippen molar-refractivity contribution in [2.45, 2.75) is 25.8 Å². The topological polar surface area (TPSA) is 74.8 Å². The van der Waals surface area contributed by atoms with Crippen LogP contribution < -0.4 is 10.3 Å². The number of aromatic amines is 1. The summed E-state index contributed by atoms with van der Waals surface area (Å²) in [5.74, 6) is 0.569. The fourth-order valence-electron chi connectivity index (χ4n) is 4.68. The van der Waals surface area contributed by atoms with Crippen molar-refractivity contribution in [3.63, 3.8) is 0 Å². The summed E-state index contributed by atoms with van der Waals surface area (Å²) in [6, 6.07) is 22.9. The van der Waals surface area contributed by atoms with E-state index in [1.54, 1.807) is 7.11 Å². The number of amides is 1. The van der Waals surface area contributed by atoms with E-state index in [9.17, 15) is 9.59 Å². The number of fused-ring (bicyclic) bond motifs is 1. The molecule has 0 spiro atoms. The SMILES string of the molecule is CCC(=O)N1N=C(c2c(-c3ccccc3)c3cc(Br)ccc3[nH]c2=O)C[C@@H]1c1ccccc1OC. The van der Waals surface area contributed by atoms with Gasteiger partial charge in [0.1, 0.15) is 5.75 Å². The van der Waals surface area contributed by atoms with Crippen LogP contribution in [0.2, 0.25) is 0 Å². The molecule has 0 fully saturated rings. The fraction of sp³-hybridized carbons (Fsp3) is 0.179. The molecule has 0 unspecified atom stereocenters. The van der Waals surface area contributed by atoms with Crippen molar-refractivity contribution in [1.29, 1.82) is 0 Å². The number of carbonyl (C=O) groups is 1. The average molecular weight is 530 g/mol. The minimum absolute atomic E-state index is 0.114. The second-order valence-electron chi connectivity index (χ2n) is 8.36. The highest BCUT2D eigenvalue weighted by Gasteiger charge is 2.36. The normalized spacial score (nSPS) is 15.3. The molecule has 35 heavy (non-hydrogen) atoms. The molecular weight excluding hydrogens is 506 g/mol. The summed E-state index contributed by atoms with van der Waals surface area (Å²) in [6.07, 6.45) is 0.698. The second kappa shape index (κ2) is 9.50. The summed E-state index contributed by atoms with van der Waals surface area (Å²) < 4.78 is 6.49. The molecule has 4 aromatic rings. The van der Waals surface area contributed by atoms with Crippen molar-refractivity contribution in [2.24, 2.45) is 5.10 Å². The van der Waals surface area contributed by atoms with Crippen LogP contribution in [0.4, 0.5) is 0 Å². The molecule has 1 aromatic heterocycles. The molecule has 1 aliphatic rings. The van der Waals surface area contributed by atoms with Gasteiger partial charge >= 0.3 is 0 Å². The predicted octanol–water partition coefficient (Wildman–Crippen LogP) is 6.05. The van der Waals surface area contributed by atoms with Gasteiger partial charge in [-0.25, -0.2) is 5.01 Å². The molecule has 6 nitrogen and oxygen atoms in total. The summed E-state index contributed by atoms with van der Waals surface area (Å²) in [6.45, 7) is 1.81. The quantitative estimate of drug-likeness (QED) is 0.341. The number of hydrogen-bond acceptors (Lipinski definition) is 4. The molecule has 176 valence electrons. The van der Waals surface area contributed by atoms with Crippen LogP contribution in [0.5, 0.6) is 5.75 Å². The lowest BCUT2D eigenvalue weighted by Crippen LogP contribution is -2.26. The Morgan fingerprint density at radius 1 is 1.09 bits per heavy atom. The minimum atomic E-state index is -0.366. The number of methoxy groups -OCH3 is 1. The standard InChI is InChI=1S/C28H24BrN3O3/c1-3-25(33)32-23(19-11-7-8-12-24(19)35-2)16-22(31-32)27-26(17-9-5-4-6-10-17)20-15-18(29)13-14-21(20)30-28(27)34/h4-15,23H,3,16H2,1-2H3,(H,30,34)/t23-/m1/s1. The molecule has 0 radical (unpaired) electrons. The van der Waals surface area contributed by atoms with Crippen molar-refractivity contribution in [2.75, 3.05) is 7.11 Å². The second-order valence-corrected chi connectivity index (χ2v) is 9.28. The number of aromatic nitrogens is 1. The Morgan fingerprint density at radius 3 is 2.57 bits per heavy atom. The van der Waals surface area contributed by atoms with Gasteiger partial charge in [-0.05, 0) is 29.8 Å². The van der Waals surface area contributed by atoms with Crippen molar-refractivity contribution in [3.05, 3.63) is 98.7 Å². The van der Waals surface area contributed by atoms with Crippen molar-refractivity contribution < 1.29 is 9.53 Å². The zero-order valence-corrected chi connectivity index (χ0v) is 21.0. The number of rotatable bonds is 5. The first kappa shape index (κ1) is 23.1. The van der Waals surface area contributed by atoms with Crippen LogP contribution in [0.15, 0.2) is 87.2 Å². The Labute approximate surface area is 211 Å². The lowest BCUT2D eigenvalue weighted by atomic mass is 9.91. The third-order valence-corrected chi connectivity index (χ3v) is 6.79. The summed E-state index contributed by atoms with van der Waals surface area (Å²) in [7, 11) is 1.61. The maximum atomic E-state index is 13.5. The number of pyridine rings is 1. The lowest BCUT2D eigenvalue weighted by molar-refractivity contribution is -0.132. The molecule has 7 heteroatoms. The monoisotopic (exact) mass is 529 g/mol. The fourth-order valence-corrected chi connectivity index (χ4v) is 5.04. The number of hydrogen-bond donors (Lipinski definition) is 1. The van der Waals surface area contributed by atoms with Gasteiger partial charge in [0.15, 0.2) is 0 Å². The van der Waals surface area contributed by atoms with E-state index >= 15 is 0 Å². The largest absolute Gasteiger partial charge is 0.496 e. The zero-order valence-electron chi connectivity index (χ0n) is 19.4. The van der Waals surface area contributed by atoms with Gasteiger partial charge in [0.05, 0.1) is 24.4 Å². The van der Waals surface area contributed by atoms with Crippen molar-refractivity contribution in [1.82, 2.24) is 9.99 Å². The highest BCUT2D eigenvalue weighted by Crippen LogP contribution is 2.40. The molecule has 3 aromatic carbocycles. The average Bonchev–Trinajstić information content (AvgIpc) is 3.33. The Bertz CT molecular complexity index is 1510. The van der Waals surface area contributed by atoms with Crippen LogP contribution in [0, 0.1) is 0 Å². The van der Waals surface area contributed by atoms with Gasteiger partial charge in [-0.1, -0.05) is 71.4 Å². The molecule has 0 bridgehead atoms. The zero-order chi connectivity index (χ0) is 24.5. The number of ether oxygens (including phenoxy) is 1. The third kappa shape index (κ3) is 4.17. The van der Waals surface area contributed by atoms with Crippen LogP contribution >= 0.6 is 15.9 Å². The van der Waals surface area contributed by atoms with Crippen LogP contribution in [-0.2, 0) is 4.79 Å². The van der Waals surface area contributed by atoms with Gasteiger partial charge in [0, 0.05) is 39.3 Å². The van der Waals surface area contributed by atoms with E-state index in [0.29, 0.717) is 29.9 Å². The van der Waals surface area contributed by atoms with Gasteiger partial charge in [-0.3, -0.25) is 9.59 Å². The summed E-state index contributed by atoms with van der Waals surface area (Å²) >= 11 is 3.57. The highest BCUT2D eigenvalue weighted by molar-refractivity contribution is 9.10. The van der Waals surface area contributed by atoms with Gasteiger partial charge in [-0.15, -0.1) is 0 Å². The maximum absolute atomic E-state index is 13.5. The van der Waals surface area contributed by atoms with Gasteiger partial charge in [0.25, 0.3) is 5.56 Å². The number of H-pyrrole nitrogens is 1. The molecule has 1 N–H and O–H groups in total. The third-order valence-electron chi connectivity index (χ3n) is 6.29. The van der Waals surface area contributed by atoms with Crippen molar-refractivity contribution >= 4 is 38.5 Å². The molecule has 5 rings (SSSR count). The molecule has 0 saturated carbocycles. The number of benzene rings is 3. The number of para-hydroxylation sites is 1. The Balaban J connectivity index is 1.75. The summed E-state index contributed by atoms with van der Waals surface area (Å²) in [5.41, 5.74) is 4.13. The van der Waals surface area contributed by atoms with E-state index in [1.165, 1.54) is 5.01 Å². The van der Waals surface area contributed by atoms with Gasteiger partial charge in [0.2, 0.25) is 5.91 Å². The smallest absolute Gasteiger partial charge is 0.258 e. The Morgan fingerprint density at radius 2 is 1.83 bits per heavy atom. The van der Waals surface area contributed by atoms with Crippen LogP contribution in [0.3, 0.4) is 0 Å². The molecule has 2 heterocycles. The highest BCUT2D eigenvalue weighted by atomic mass is 79.9. The molecule has 0 saturated heterocycles. The molecule has 0 aliphatic carbocycles. The first-order chi connectivity index (χ1) is 17.0. The minimum Gasteiger partial charge on any atom is -0.496 e. The van der Waals surface area contributed by atoms with E-state index in [-0.39, 0.29) is 17.5 Å². The van der Waals surface area contributed by atoms with Gasteiger partial charge < -0.3 is 9.72 Å². The van der Waals surface area contributed by atoms with E-state index in [2.05, 4.69) is 20.9 Å². The summed E-state index contributed by atoms with van der Waals surface area (Å²) in [5, 5.41) is 7.16. The Hall–Kier alpha value is -3.71. The number of nitrogens with zero attached hydrogens (tertiary/aromatic N) is 2. The molecule has 1 amide bonds.